The third-order valence-corrected chi connectivity index (χ3v) is 1.54. The second-order valence-electron chi connectivity index (χ2n) is 2.64. The monoisotopic (exact) mass is 153 g/mol. The van der Waals surface area contributed by atoms with Crippen molar-refractivity contribution < 1.29 is 0 Å². The fourth-order valence-corrected chi connectivity index (χ4v) is 1.05. The van der Waals surface area contributed by atoms with Crippen LogP contribution in [0.15, 0.2) is 6.20 Å². The Morgan fingerprint density at radius 3 is 3.09 bits per heavy atom. The van der Waals surface area contributed by atoms with E-state index in [9.17, 15) is 0 Å². The van der Waals surface area contributed by atoms with Gasteiger partial charge < -0.3 is 10.3 Å². The standard InChI is InChI=1S/C8H15N3/c1-3-4-8-10-6-7(11-8)5-9-2/h6,9H,3-5H2,1-2H3,(H,10,11). The number of nitrogens with one attached hydrogen (secondary N) is 2. The Morgan fingerprint density at radius 2 is 2.45 bits per heavy atom. The summed E-state index contributed by atoms with van der Waals surface area (Å²) in [5, 5.41) is 3.07. The topological polar surface area (TPSA) is 40.7 Å². The minimum absolute atomic E-state index is 0.872. The Bertz CT molecular complexity index is 184. The molecule has 3 nitrogen and oxygen atoms in total. The molecule has 0 aliphatic carbocycles. The molecule has 0 fully saturated rings. The SMILES string of the molecule is CCCc1ncc(CNC)[nH]1. The number of aromatic nitrogens is 2. The summed E-state index contributed by atoms with van der Waals surface area (Å²) >= 11 is 0. The van der Waals surface area contributed by atoms with Crippen LogP contribution < -0.4 is 5.32 Å². The molecule has 62 valence electrons. The molecule has 1 heterocycles. The van der Waals surface area contributed by atoms with Crippen LogP contribution in [-0.2, 0) is 13.0 Å². The minimum Gasteiger partial charge on any atom is -0.345 e. The zero-order valence-electron chi connectivity index (χ0n) is 7.15. The van der Waals surface area contributed by atoms with Gasteiger partial charge in [-0.3, -0.25) is 0 Å². The summed E-state index contributed by atoms with van der Waals surface area (Å²) in [7, 11) is 1.93. The summed E-state index contributed by atoms with van der Waals surface area (Å²) in [6.45, 7) is 3.02. The second kappa shape index (κ2) is 4.13. The van der Waals surface area contributed by atoms with Crippen molar-refractivity contribution >= 4 is 0 Å². The molecule has 0 unspecified atom stereocenters. The van der Waals surface area contributed by atoms with Gasteiger partial charge in [0.1, 0.15) is 5.82 Å². The largest absolute Gasteiger partial charge is 0.345 e. The van der Waals surface area contributed by atoms with Gasteiger partial charge in [-0.2, -0.15) is 0 Å². The highest BCUT2D eigenvalue weighted by Gasteiger charge is 1.96. The van der Waals surface area contributed by atoms with Gasteiger partial charge >= 0.3 is 0 Å². The van der Waals surface area contributed by atoms with Crippen molar-refractivity contribution in [2.24, 2.45) is 0 Å². The molecule has 0 spiro atoms. The number of hydrogen-bond donors (Lipinski definition) is 2. The number of rotatable bonds is 4. The summed E-state index contributed by atoms with van der Waals surface area (Å²) in [6, 6.07) is 0. The van der Waals surface area contributed by atoms with Crippen LogP contribution in [0.1, 0.15) is 24.9 Å². The normalized spacial score (nSPS) is 10.4. The highest BCUT2D eigenvalue weighted by molar-refractivity contribution is 5.00. The van der Waals surface area contributed by atoms with Gasteiger partial charge in [-0.1, -0.05) is 6.92 Å². The molecule has 0 saturated heterocycles. The van der Waals surface area contributed by atoms with Gasteiger partial charge in [-0.05, 0) is 13.5 Å². The van der Waals surface area contributed by atoms with E-state index in [1.165, 1.54) is 0 Å². The van der Waals surface area contributed by atoms with Crippen molar-refractivity contribution in [1.29, 1.82) is 0 Å². The Kier molecular flexibility index (Phi) is 3.11. The first-order valence-electron chi connectivity index (χ1n) is 4.04. The van der Waals surface area contributed by atoms with E-state index < -0.39 is 0 Å². The lowest BCUT2D eigenvalue weighted by atomic mass is 10.3. The average Bonchev–Trinajstić information content (AvgIpc) is 2.38. The van der Waals surface area contributed by atoms with E-state index in [1.807, 2.05) is 13.2 Å². The fraction of sp³-hybridized carbons (Fsp3) is 0.625. The Balaban J connectivity index is 2.51. The maximum Gasteiger partial charge on any atom is 0.106 e. The van der Waals surface area contributed by atoms with Crippen molar-refractivity contribution in [3.05, 3.63) is 17.7 Å². The first-order chi connectivity index (χ1) is 5.36. The van der Waals surface area contributed by atoms with Gasteiger partial charge in [0.15, 0.2) is 0 Å². The van der Waals surface area contributed by atoms with Gasteiger partial charge in [0.25, 0.3) is 0 Å². The number of hydrogen-bond acceptors (Lipinski definition) is 2. The Labute approximate surface area is 67.2 Å². The van der Waals surface area contributed by atoms with E-state index in [0.717, 1.165) is 30.9 Å². The Hall–Kier alpha value is -0.830. The first kappa shape index (κ1) is 8.27. The lowest BCUT2D eigenvalue weighted by Gasteiger charge is -1.93. The third-order valence-electron chi connectivity index (χ3n) is 1.54. The summed E-state index contributed by atoms with van der Waals surface area (Å²) < 4.78 is 0. The maximum atomic E-state index is 4.23. The van der Waals surface area contributed by atoms with Crippen molar-refractivity contribution in [1.82, 2.24) is 15.3 Å². The van der Waals surface area contributed by atoms with E-state index in [0.29, 0.717) is 0 Å². The molecule has 1 aromatic rings. The average molecular weight is 153 g/mol. The van der Waals surface area contributed by atoms with Crippen molar-refractivity contribution in [3.63, 3.8) is 0 Å². The first-order valence-corrected chi connectivity index (χ1v) is 4.04. The summed E-state index contributed by atoms with van der Waals surface area (Å²) in [4.78, 5) is 7.47. The van der Waals surface area contributed by atoms with Crippen molar-refractivity contribution in [2.45, 2.75) is 26.3 Å². The highest BCUT2D eigenvalue weighted by atomic mass is 14.9. The molecule has 0 bridgehead atoms. The highest BCUT2D eigenvalue weighted by Crippen LogP contribution is 1.98. The van der Waals surface area contributed by atoms with Crippen LogP contribution in [0, 0.1) is 0 Å². The van der Waals surface area contributed by atoms with Crippen LogP contribution in [0.3, 0.4) is 0 Å². The van der Waals surface area contributed by atoms with Crippen molar-refractivity contribution in [3.8, 4) is 0 Å². The molecule has 1 rings (SSSR count). The molecular weight excluding hydrogens is 138 g/mol. The van der Waals surface area contributed by atoms with Crippen molar-refractivity contribution in [2.75, 3.05) is 7.05 Å². The van der Waals surface area contributed by atoms with Crippen LogP contribution in [0.2, 0.25) is 0 Å². The number of H-pyrrole nitrogens is 1. The van der Waals surface area contributed by atoms with Crippen LogP contribution >= 0.6 is 0 Å². The van der Waals surface area contributed by atoms with Gasteiger partial charge in [0.05, 0.1) is 0 Å². The predicted molar refractivity (Wildman–Crippen MR) is 45.3 cm³/mol. The van der Waals surface area contributed by atoms with E-state index in [1.54, 1.807) is 0 Å². The van der Waals surface area contributed by atoms with Crippen LogP contribution in [-0.4, -0.2) is 17.0 Å². The van der Waals surface area contributed by atoms with Crippen LogP contribution in [0.25, 0.3) is 0 Å². The molecule has 0 aliphatic heterocycles. The Morgan fingerprint density at radius 1 is 1.64 bits per heavy atom. The zero-order valence-corrected chi connectivity index (χ0v) is 7.15. The van der Waals surface area contributed by atoms with E-state index in [-0.39, 0.29) is 0 Å². The van der Waals surface area contributed by atoms with E-state index >= 15 is 0 Å². The van der Waals surface area contributed by atoms with Crippen LogP contribution in [0.4, 0.5) is 0 Å². The molecular formula is C8H15N3. The van der Waals surface area contributed by atoms with E-state index in [4.69, 9.17) is 0 Å². The van der Waals surface area contributed by atoms with Crippen LogP contribution in [0.5, 0.6) is 0 Å². The molecule has 0 amide bonds. The molecule has 0 atom stereocenters. The third kappa shape index (κ3) is 2.35. The smallest absolute Gasteiger partial charge is 0.106 e. The summed E-state index contributed by atoms with van der Waals surface area (Å²) in [5.41, 5.74) is 1.16. The summed E-state index contributed by atoms with van der Waals surface area (Å²) in [6.07, 6.45) is 4.08. The van der Waals surface area contributed by atoms with Gasteiger partial charge in [-0.15, -0.1) is 0 Å². The number of imidazole rings is 1. The number of nitrogens with zero attached hydrogens (tertiary/aromatic N) is 1. The molecule has 0 aliphatic rings. The number of aromatic amines is 1. The molecule has 0 saturated carbocycles. The maximum absolute atomic E-state index is 4.23. The molecule has 2 N–H and O–H groups in total. The van der Waals surface area contributed by atoms with Gasteiger partial charge in [0.2, 0.25) is 0 Å². The lowest BCUT2D eigenvalue weighted by molar-refractivity contribution is 0.785. The summed E-state index contributed by atoms with van der Waals surface area (Å²) in [5.74, 6) is 1.10. The molecule has 1 aromatic heterocycles. The molecule has 3 heteroatoms. The van der Waals surface area contributed by atoms with Gasteiger partial charge in [-0.25, -0.2) is 4.98 Å². The fourth-order valence-electron chi connectivity index (χ4n) is 1.05. The molecule has 0 radical (unpaired) electrons. The predicted octanol–water partition coefficient (Wildman–Crippen LogP) is 1.08. The molecule has 11 heavy (non-hydrogen) atoms. The number of aryl methyl sites for hydroxylation is 1. The van der Waals surface area contributed by atoms with E-state index in [2.05, 4.69) is 22.2 Å². The second-order valence-corrected chi connectivity index (χ2v) is 2.64. The zero-order chi connectivity index (χ0) is 8.10. The quantitative estimate of drug-likeness (QED) is 0.679. The van der Waals surface area contributed by atoms with Gasteiger partial charge in [0, 0.05) is 24.9 Å². The lowest BCUT2D eigenvalue weighted by Crippen LogP contribution is -2.05. The molecule has 0 aromatic carbocycles. The minimum atomic E-state index is 0.872.